The van der Waals surface area contributed by atoms with E-state index in [1.54, 1.807) is 11.9 Å². The lowest BCUT2D eigenvalue weighted by molar-refractivity contribution is 0.274. The van der Waals surface area contributed by atoms with Gasteiger partial charge in [0.05, 0.1) is 0 Å². The minimum Gasteiger partial charge on any atom is -0.396 e. The molecule has 0 fully saturated rings. The van der Waals surface area contributed by atoms with Crippen molar-refractivity contribution in [3.63, 3.8) is 0 Å². The van der Waals surface area contributed by atoms with Crippen LogP contribution >= 0.6 is 11.9 Å². The third kappa shape index (κ3) is 1.88. The van der Waals surface area contributed by atoms with Crippen LogP contribution in [0.15, 0.2) is 29.2 Å². The molecule has 0 bridgehead atoms. The number of aliphatic hydroxyl groups excluding tert-OH is 1. The van der Waals surface area contributed by atoms with Crippen LogP contribution in [-0.2, 0) is 0 Å². The second-order valence-electron chi connectivity index (χ2n) is 3.20. The van der Waals surface area contributed by atoms with Gasteiger partial charge in [-0.2, -0.15) is 0 Å². The second kappa shape index (κ2) is 4.13. The van der Waals surface area contributed by atoms with Crippen molar-refractivity contribution in [3.8, 4) is 0 Å². The van der Waals surface area contributed by atoms with E-state index in [1.165, 1.54) is 10.5 Å². The maximum Gasteiger partial charge on any atom is 0.0437 e. The van der Waals surface area contributed by atoms with Crippen LogP contribution in [0.4, 0.5) is 0 Å². The van der Waals surface area contributed by atoms with Gasteiger partial charge in [0.15, 0.2) is 0 Å². The van der Waals surface area contributed by atoms with E-state index < -0.39 is 0 Å². The van der Waals surface area contributed by atoms with Crippen molar-refractivity contribution in [1.82, 2.24) is 4.72 Å². The topological polar surface area (TPSA) is 32.3 Å². The van der Waals surface area contributed by atoms with Gasteiger partial charge in [-0.05, 0) is 30.0 Å². The van der Waals surface area contributed by atoms with Gasteiger partial charge in [-0.15, -0.1) is 0 Å². The van der Waals surface area contributed by atoms with Crippen LogP contribution in [0.3, 0.4) is 0 Å². The van der Waals surface area contributed by atoms with Crippen LogP contribution in [0.5, 0.6) is 0 Å². The molecule has 3 heteroatoms. The highest BCUT2D eigenvalue weighted by Crippen LogP contribution is 2.32. The predicted molar refractivity (Wildman–Crippen MR) is 54.7 cm³/mol. The first-order valence-corrected chi connectivity index (χ1v) is 5.33. The van der Waals surface area contributed by atoms with E-state index in [9.17, 15) is 0 Å². The van der Waals surface area contributed by atoms with Gasteiger partial charge in [0, 0.05) is 24.0 Å². The zero-order chi connectivity index (χ0) is 9.10. The van der Waals surface area contributed by atoms with Gasteiger partial charge in [-0.25, -0.2) is 0 Å². The van der Waals surface area contributed by atoms with Crippen molar-refractivity contribution in [2.24, 2.45) is 0 Å². The van der Waals surface area contributed by atoms with Crippen molar-refractivity contribution in [3.05, 3.63) is 29.8 Å². The molecule has 1 atom stereocenters. The zero-order valence-corrected chi connectivity index (χ0v) is 8.18. The number of nitrogens with one attached hydrogen (secondary N) is 1. The molecule has 1 aliphatic rings. The average molecular weight is 195 g/mol. The van der Waals surface area contributed by atoms with E-state index in [1.807, 2.05) is 0 Å². The normalized spacial score (nSPS) is 21.2. The van der Waals surface area contributed by atoms with Crippen molar-refractivity contribution in [2.45, 2.75) is 17.2 Å². The largest absolute Gasteiger partial charge is 0.396 e. The van der Waals surface area contributed by atoms with Crippen LogP contribution < -0.4 is 4.72 Å². The molecule has 2 N–H and O–H groups in total. The van der Waals surface area contributed by atoms with Crippen LogP contribution in [-0.4, -0.2) is 18.3 Å². The Kier molecular flexibility index (Phi) is 2.88. The smallest absolute Gasteiger partial charge is 0.0437 e. The second-order valence-corrected chi connectivity index (χ2v) is 4.13. The molecule has 0 saturated heterocycles. The summed E-state index contributed by atoms with van der Waals surface area (Å²) in [4.78, 5) is 1.30. The number of benzene rings is 1. The molecule has 1 aromatic carbocycles. The summed E-state index contributed by atoms with van der Waals surface area (Å²) in [6, 6.07) is 8.39. The van der Waals surface area contributed by atoms with E-state index in [0.717, 1.165) is 13.0 Å². The maximum absolute atomic E-state index is 8.91. The molecule has 0 amide bonds. The molecule has 2 rings (SSSR count). The fraction of sp³-hybridized carbons (Fsp3) is 0.400. The van der Waals surface area contributed by atoms with E-state index >= 15 is 0 Å². The number of hydrogen-bond donors (Lipinski definition) is 2. The first kappa shape index (κ1) is 9.06. The highest BCUT2D eigenvalue weighted by molar-refractivity contribution is 7.97. The Bertz CT molecular complexity index is 290. The third-order valence-electron chi connectivity index (χ3n) is 2.35. The molecule has 0 aliphatic carbocycles. The van der Waals surface area contributed by atoms with Crippen LogP contribution in [0, 0.1) is 0 Å². The molecule has 1 heterocycles. The van der Waals surface area contributed by atoms with E-state index in [4.69, 9.17) is 5.11 Å². The fourth-order valence-electron chi connectivity index (χ4n) is 1.65. The molecule has 1 aromatic rings. The quantitative estimate of drug-likeness (QED) is 0.705. The molecule has 1 unspecified atom stereocenters. The van der Waals surface area contributed by atoms with Crippen molar-refractivity contribution >= 4 is 11.9 Å². The monoisotopic (exact) mass is 195 g/mol. The maximum atomic E-state index is 8.91. The van der Waals surface area contributed by atoms with Gasteiger partial charge in [-0.3, -0.25) is 4.72 Å². The minimum atomic E-state index is 0.269. The van der Waals surface area contributed by atoms with Gasteiger partial charge in [0.25, 0.3) is 0 Å². The molecule has 0 saturated carbocycles. The Balaban J connectivity index is 2.26. The molecule has 1 aliphatic heterocycles. The summed E-state index contributed by atoms with van der Waals surface area (Å²) < 4.78 is 3.28. The Labute approximate surface area is 82.5 Å². The van der Waals surface area contributed by atoms with E-state index in [0.29, 0.717) is 5.92 Å². The lowest BCUT2D eigenvalue weighted by Crippen LogP contribution is -2.21. The molecule has 0 spiro atoms. The summed E-state index contributed by atoms with van der Waals surface area (Å²) in [5.74, 6) is 0.474. The van der Waals surface area contributed by atoms with Crippen LogP contribution in [0.1, 0.15) is 17.9 Å². The molecule has 0 aromatic heterocycles. The molecule has 2 nitrogen and oxygen atoms in total. The molecular formula is C10H13NOS. The first-order valence-electron chi connectivity index (χ1n) is 4.51. The Morgan fingerprint density at radius 1 is 1.46 bits per heavy atom. The molecule has 70 valence electrons. The van der Waals surface area contributed by atoms with Crippen LogP contribution in [0.25, 0.3) is 0 Å². The summed E-state index contributed by atoms with van der Waals surface area (Å²) in [5, 5.41) is 8.91. The van der Waals surface area contributed by atoms with Crippen molar-refractivity contribution in [2.75, 3.05) is 13.2 Å². The van der Waals surface area contributed by atoms with Gasteiger partial charge >= 0.3 is 0 Å². The molecule has 13 heavy (non-hydrogen) atoms. The Morgan fingerprint density at radius 3 is 3.15 bits per heavy atom. The molecular weight excluding hydrogens is 182 g/mol. The van der Waals surface area contributed by atoms with Crippen molar-refractivity contribution < 1.29 is 5.11 Å². The first-order chi connectivity index (χ1) is 6.42. The van der Waals surface area contributed by atoms with Gasteiger partial charge in [0.1, 0.15) is 0 Å². The number of rotatable bonds is 2. The number of aliphatic hydroxyl groups is 1. The van der Waals surface area contributed by atoms with Gasteiger partial charge in [0.2, 0.25) is 0 Å². The van der Waals surface area contributed by atoms with Crippen molar-refractivity contribution in [1.29, 1.82) is 0 Å². The van der Waals surface area contributed by atoms with E-state index in [2.05, 4.69) is 29.0 Å². The minimum absolute atomic E-state index is 0.269. The summed E-state index contributed by atoms with van der Waals surface area (Å²) in [5.41, 5.74) is 1.38. The van der Waals surface area contributed by atoms with Crippen LogP contribution in [0.2, 0.25) is 0 Å². The summed E-state index contributed by atoms with van der Waals surface area (Å²) >= 11 is 1.69. The number of hydrogen-bond acceptors (Lipinski definition) is 3. The fourth-order valence-corrected chi connectivity index (χ4v) is 2.59. The zero-order valence-electron chi connectivity index (χ0n) is 7.36. The standard InChI is InChI=1S/C10H13NOS/c12-6-5-8-7-11-13-10-4-2-1-3-9(8)10/h1-4,8,11-12H,5-7H2. The number of fused-ring (bicyclic) bond motifs is 1. The average Bonchev–Trinajstić information content (AvgIpc) is 2.19. The summed E-state index contributed by atoms with van der Waals surface area (Å²) in [7, 11) is 0. The SMILES string of the molecule is OCCC1CNSc2ccccc21. The van der Waals surface area contributed by atoms with Gasteiger partial charge < -0.3 is 5.11 Å². The molecule has 0 radical (unpaired) electrons. The summed E-state index contributed by atoms with van der Waals surface area (Å²) in [6.07, 6.45) is 0.852. The highest BCUT2D eigenvalue weighted by Gasteiger charge is 2.18. The Morgan fingerprint density at radius 2 is 2.31 bits per heavy atom. The Hall–Kier alpha value is -0.510. The third-order valence-corrected chi connectivity index (χ3v) is 3.25. The highest BCUT2D eigenvalue weighted by atomic mass is 32.2. The predicted octanol–water partition coefficient (Wildman–Crippen LogP) is 1.76. The lowest BCUT2D eigenvalue weighted by Gasteiger charge is -2.24. The van der Waals surface area contributed by atoms with E-state index in [-0.39, 0.29) is 6.61 Å². The summed E-state index contributed by atoms with van der Waals surface area (Å²) in [6.45, 7) is 1.23. The lowest BCUT2D eigenvalue weighted by atomic mass is 9.96. The van der Waals surface area contributed by atoms with Gasteiger partial charge in [-0.1, -0.05) is 18.2 Å².